The van der Waals surface area contributed by atoms with E-state index in [-0.39, 0.29) is 11.9 Å². The van der Waals surface area contributed by atoms with E-state index in [1.54, 1.807) is 25.2 Å². The van der Waals surface area contributed by atoms with Crippen LogP contribution in [-0.2, 0) is 0 Å². The van der Waals surface area contributed by atoms with E-state index >= 15 is 0 Å². The Balaban J connectivity index is 2.23. The lowest BCUT2D eigenvalue weighted by Crippen LogP contribution is -2.15. The van der Waals surface area contributed by atoms with Crippen molar-refractivity contribution in [2.75, 3.05) is 12.8 Å². The van der Waals surface area contributed by atoms with Crippen LogP contribution in [0.4, 0.5) is 5.95 Å². The van der Waals surface area contributed by atoms with Crippen LogP contribution in [-0.4, -0.2) is 22.9 Å². The topological polar surface area (TPSA) is 80.9 Å². The number of aromatic nitrogens is 2. The summed E-state index contributed by atoms with van der Waals surface area (Å²) in [6.45, 7) is 0. The normalized spacial score (nSPS) is 10.8. The van der Waals surface area contributed by atoms with Crippen molar-refractivity contribution in [1.82, 2.24) is 15.3 Å². The van der Waals surface area contributed by atoms with Crippen molar-refractivity contribution < 1.29 is 4.79 Å². The molecule has 0 radical (unpaired) electrons. The van der Waals surface area contributed by atoms with Crippen LogP contribution in [0.15, 0.2) is 30.3 Å². The number of anilines is 1. The number of thiophene rings is 1. The summed E-state index contributed by atoms with van der Waals surface area (Å²) in [5, 5.41) is 4.05. The van der Waals surface area contributed by atoms with Crippen LogP contribution in [0.2, 0.25) is 5.02 Å². The number of hydrogen-bond donors (Lipinski definition) is 2. The number of halogens is 1. The monoisotopic (exact) mass is 318 g/mol. The minimum Gasteiger partial charge on any atom is -0.368 e. The molecule has 0 unspecified atom stereocenters. The van der Waals surface area contributed by atoms with Crippen molar-refractivity contribution in [3.63, 3.8) is 0 Å². The summed E-state index contributed by atoms with van der Waals surface area (Å²) in [6.07, 6.45) is 0. The highest BCUT2D eigenvalue weighted by Gasteiger charge is 2.15. The number of amides is 1. The molecule has 0 aliphatic rings. The average molecular weight is 319 g/mol. The standard InChI is InChI=1S/C14H11ClN4OS/c1-17-12(20)10-6-9-11(7-2-4-8(15)5-3-7)18-14(16)19-13(9)21-10/h2-6H,1H3,(H,17,20)(H2,16,18,19). The average Bonchev–Trinajstić information content (AvgIpc) is 2.90. The number of nitrogen functional groups attached to an aromatic ring is 1. The van der Waals surface area contributed by atoms with Gasteiger partial charge in [0.25, 0.3) is 5.91 Å². The molecular formula is C14H11ClN4OS. The molecule has 0 spiro atoms. The molecule has 2 heterocycles. The summed E-state index contributed by atoms with van der Waals surface area (Å²) >= 11 is 7.19. The van der Waals surface area contributed by atoms with Gasteiger partial charge in [-0.3, -0.25) is 4.79 Å². The van der Waals surface area contributed by atoms with E-state index in [1.807, 2.05) is 12.1 Å². The van der Waals surface area contributed by atoms with Crippen LogP contribution in [0.5, 0.6) is 0 Å². The fourth-order valence-electron chi connectivity index (χ4n) is 2.00. The third-order valence-electron chi connectivity index (χ3n) is 2.98. The largest absolute Gasteiger partial charge is 0.368 e. The molecule has 5 nitrogen and oxygen atoms in total. The third-order valence-corrected chi connectivity index (χ3v) is 4.26. The smallest absolute Gasteiger partial charge is 0.261 e. The first-order chi connectivity index (χ1) is 10.1. The number of nitrogens with zero attached hydrogens (tertiary/aromatic N) is 2. The second-order valence-corrected chi connectivity index (χ2v) is 5.81. The zero-order valence-corrected chi connectivity index (χ0v) is 12.6. The van der Waals surface area contributed by atoms with Gasteiger partial charge in [-0.15, -0.1) is 11.3 Å². The first kappa shape index (κ1) is 13.8. The molecule has 21 heavy (non-hydrogen) atoms. The molecule has 3 aromatic rings. The number of carbonyl (C=O) groups is 1. The van der Waals surface area contributed by atoms with E-state index in [9.17, 15) is 4.79 Å². The van der Waals surface area contributed by atoms with Gasteiger partial charge in [0.1, 0.15) is 4.83 Å². The highest BCUT2D eigenvalue weighted by Crippen LogP contribution is 2.32. The predicted molar refractivity (Wildman–Crippen MR) is 85.7 cm³/mol. The number of hydrogen-bond acceptors (Lipinski definition) is 5. The zero-order valence-electron chi connectivity index (χ0n) is 11.1. The van der Waals surface area contributed by atoms with Crippen LogP contribution in [0, 0.1) is 0 Å². The maximum absolute atomic E-state index is 11.8. The highest BCUT2D eigenvalue weighted by atomic mass is 35.5. The Morgan fingerprint density at radius 1 is 1.29 bits per heavy atom. The SMILES string of the molecule is CNC(=O)c1cc2c(-c3ccc(Cl)cc3)nc(N)nc2s1. The van der Waals surface area contributed by atoms with E-state index in [0.29, 0.717) is 20.4 Å². The summed E-state index contributed by atoms with van der Waals surface area (Å²) in [4.78, 5) is 21.5. The van der Waals surface area contributed by atoms with Crippen LogP contribution in [0.25, 0.3) is 21.5 Å². The van der Waals surface area contributed by atoms with Crippen LogP contribution in [0.3, 0.4) is 0 Å². The van der Waals surface area contributed by atoms with Crippen molar-refractivity contribution in [2.45, 2.75) is 0 Å². The molecule has 0 aliphatic heterocycles. The minimum absolute atomic E-state index is 0.154. The summed E-state index contributed by atoms with van der Waals surface area (Å²) < 4.78 is 0. The Hall–Kier alpha value is -2.18. The van der Waals surface area contributed by atoms with Gasteiger partial charge in [0, 0.05) is 23.0 Å². The van der Waals surface area contributed by atoms with Crippen molar-refractivity contribution in [1.29, 1.82) is 0 Å². The summed E-state index contributed by atoms with van der Waals surface area (Å²) in [6, 6.07) is 9.07. The van der Waals surface area contributed by atoms with Crippen LogP contribution in [0.1, 0.15) is 9.67 Å². The van der Waals surface area contributed by atoms with Crippen molar-refractivity contribution >= 4 is 45.0 Å². The Morgan fingerprint density at radius 3 is 2.67 bits per heavy atom. The number of benzene rings is 1. The van der Waals surface area contributed by atoms with Crippen LogP contribution >= 0.6 is 22.9 Å². The minimum atomic E-state index is -0.154. The van der Waals surface area contributed by atoms with Gasteiger partial charge >= 0.3 is 0 Å². The van der Waals surface area contributed by atoms with E-state index in [0.717, 1.165) is 10.9 Å². The second-order valence-electron chi connectivity index (χ2n) is 4.35. The molecule has 2 aromatic heterocycles. The third kappa shape index (κ3) is 2.55. The van der Waals surface area contributed by atoms with E-state index in [4.69, 9.17) is 17.3 Å². The summed E-state index contributed by atoms with van der Waals surface area (Å²) in [7, 11) is 1.59. The molecule has 0 aliphatic carbocycles. The van der Waals surface area contributed by atoms with Gasteiger partial charge in [-0.25, -0.2) is 9.97 Å². The molecule has 3 N–H and O–H groups in total. The predicted octanol–water partition coefficient (Wildman–Crippen LogP) is 2.95. The van der Waals surface area contributed by atoms with Gasteiger partial charge in [0.05, 0.1) is 10.6 Å². The summed E-state index contributed by atoms with van der Waals surface area (Å²) in [5.41, 5.74) is 7.34. The molecule has 3 rings (SSSR count). The zero-order chi connectivity index (χ0) is 15.0. The number of carbonyl (C=O) groups excluding carboxylic acids is 1. The Bertz CT molecular complexity index is 829. The molecule has 106 valence electrons. The molecular weight excluding hydrogens is 308 g/mol. The van der Waals surface area contributed by atoms with E-state index in [2.05, 4.69) is 15.3 Å². The van der Waals surface area contributed by atoms with Crippen molar-refractivity contribution in [3.8, 4) is 11.3 Å². The molecule has 0 bridgehead atoms. The fourth-order valence-corrected chi connectivity index (χ4v) is 3.11. The van der Waals surface area contributed by atoms with Crippen LogP contribution < -0.4 is 11.1 Å². The molecule has 1 aromatic carbocycles. The van der Waals surface area contributed by atoms with Gasteiger partial charge in [-0.2, -0.15) is 0 Å². The van der Waals surface area contributed by atoms with Crippen molar-refractivity contribution in [3.05, 3.63) is 40.2 Å². The van der Waals surface area contributed by atoms with E-state index in [1.165, 1.54) is 11.3 Å². The van der Waals surface area contributed by atoms with E-state index < -0.39 is 0 Å². The molecule has 0 atom stereocenters. The number of nitrogens with one attached hydrogen (secondary N) is 1. The maximum Gasteiger partial charge on any atom is 0.261 e. The summed E-state index contributed by atoms with van der Waals surface area (Å²) in [5.74, 6) is 0.0244. The second kappa shape index (κ2) is 5.31. The molecule has 7 heteroatoms. The van der Waals surface area contributed by atoms with Crippen molar-refractivity contribution in [2.24, 2.45) is 0 Å². The maximum atomic E-state index is 11.8. The Kier molecular flexibility index (Phi) is 3.48. The first-order valence-corrected chi connectivity index (χ1v) is 7.33. The van der Waals surface area contributed by atoms with Gasteiger partial charge in [-0.1, -0.05) is 23.7 Å². The lowest BCUT2D eigenvalue weighted by molar-refractivity contribution is 0.0967. The first-order valence-electron chi connectivity index (χ1n) is 6.13. The lowest BCUT2D eigenvalue weighted by Gasteiger charge is -2.03. The van der Waals surface area contributed by atoms with Gasteiger partial charge in [-0.05, 0) is 18.2 Å². The molecule has 0 saturated heterocycles. The Labute approximate surface area is 129 Å². The molecule has 0 saturated carbocycles. The van der Waals surface area contributed by atoms with Gasteiger partial charge < -0.3 is 11.1 Å². The molecule has 1 amide bonds. The van der Waals surface area contributed by atoms with Gasteiger partial charge in [0.2, 0.25) is 5.95 Å². The fraction of sp³-hybridized carbons (Fsp3) is 0.0714. The lowest BCUT2D eigenvalue weighted by atomic mass is 10.1. The highest BCUT2D eigenvalue weighted by molar-refractivity contribution is 7.20. The number of fused-ring (bicyclic) bond motifs is 1. The quantitative estimate of drug-likeness (QED) is 0.761. The number of nitrogens with two attached hydrogens (primary N) is 1. The molecule has 0 fully saturated rings. The Morgan fingerprint density at radius 2 is 2.00 bits per heavy atom. The van der Waals surface area contributed by atoms with Gasteiger partial charge in [0.15, 0.2) is 0 Å². The number of rotatable bonds is 2.